The molecule has 0 saturated carbocycles. The van der Waals surface area contributed by atoms with Gasteiger partial charge in [0.05, 0.1) is 5.60 Å². The average molecular weight is 161 g/mol. The standard InChI is InChI=1S/C7H15NOS/c1-2-9-7(5-8)3-4-10-6-7/h2-6,8H2,1H3. The third-order valence-corrected chi connectivity index (χ3v) is 3.11. The van der Waals surface area contributed by atoms with Crippen LogP contribution in [-0.4, -0.2) is 30.3 Å². The molecule has 0 amide bonds. The fourth-order valence-corrected chi connectivity index (χ4v) is 2.61. The minimum absolute atomic E-state index is 0.0272. The summed E-state index contributed by atoms with van der Waals surface area (Å²) in [6, 6.07) is 0. The maximum Gasteiger partial charge on any atom is 0.0901 e. The van der Waals surface area contributed by atoms with Gasteiger partial charge in [-0.25, -0.2) is 0 Å². The van der Waals surface area contributed by atoms with Crippen LogP contribution in [0, 0.1) is 0 Å². The van der Waals surface area contributed by atoms with Gasteiger partial charge in [-0.05, 0) is 19.1 Å². The number of hydrogen-bond acceptors (Lipinski definition) is 3. The van der Waals surface area contributed by atoms with Crippen molar-refractivity contribution in [2.45, 2.75) is 18.9 Å². The van der Waals surface area contributed by atoms with E-state index >= 15 is 0 Å². The predicted octanol–water partition coefficient (Wildman–Crippen LogP) is 0.857. The van der Waals surface area contributed by atoms with Gasteiger partial charge in [0.2, 0.25) is 0 Å². The van der Waals surface area contributed by atoms with Crippen LogP contribution in [0.2, 0.25) is 0 Å². The van der Waals surface area contributed by atoms with Crippen molar-refractivity contribution in [1.82, 2.24) is 0 Å². The normalized spacial score (nSPS) is 33.0. The highest BCUT2D eigenvalue weighted by molar-refractivity contribution is 7.99. The SMILES string of the molecule is CCOC1(CN)CCSC1. The second-order valence-electron chi connectivity index (χ2n) is 2.62. The molecule has 2 N–H and O–H groups in total. The molecule has 0 aromatic carbocycles. The van der Waals surface area contributed by atoms with Crippen LogP contribution >= 0.6 is 11.8 Å². The van der Waals surface area contributed by atoms with Crippen LogP contribution in [0.15, 0.2) is 0 Å². The summed E-state index contributed by atoms with van der Waals surface area (Å²) >= 11 is 1.94. The Labute approximate surface area is 66.5 Å². The Balaban J connectivity index is 2.41. The smallest absolute Gasteiger partial charge is 0.0901 e. The van der Waals surface area contributed by atoms with E-state index in [0.717, 1.165) is 18.8 Å². The molecule has 1 aliphatic heterocycles. The Bertz CT molecular complexity index is 102. The molecule has 0 aromatic rings. The van der Waals surface area contributed by atoms with Crippen LogP contribution in [0.25, 0.3) is 0 Å². The van der Waals surface area contributed by atoms with Crippen molar-refractivity contribution in [3.63, 3.8) is 0 Å². The summed E-state index contributed by atoms with van der Waals surface area (Å²) in [5, 5.41) is 0. The highest BCUT2D eigenvalue weighted by Gasteiger charge is 2.33. The van der Waals surface area contributed by atoms with Crippen molar-refractivity contribution in [1.29, 1.82) is 0 Å². The van der Waals surface area contributed by atoms with Gasteiger partial charge >= 0.3 is 0 Å². The van der Waals surface area contributed by atoms with E-state index in [0.29, 0.717) is 6.54 Å². The number of hydrogen-bond donors (Lipinski definition) is 1. The molecule has 60 valence electrons. The second-order valence-corrected chi connectivity index (χ2v) is 3.73. The topological polar surface area (TPSA) is 35.2 Å². The highest BCUT2D eigenvalue weighted by atomic mass is 32.2. The highest BCUT2D eigenvalue weighted by Crippen LogP contribution is 2.30. The van der Waals surface area contributed by atoms with Gasteiger partial charge in [-0.1, -0.05) is 0 Å². The van der Waals surface area contributed by atoms with E-state index < -0.39 is 0 Å². The lowest BCUT2D eigenvalue weighted by Crippen LogP contribution is -2.40. The number of nitrogens with two attached hydrogens (primary N) is 1. The minimum Gasteiger partial charge on any atom is -0.373 e. The van der Waals surface area contributed by atoms with Gasteiger partial charge in [0.15, 0.2) is 0 Å². The van der Waals surface area contributed by atoms with Gasteiger partial charge < -0.3 is 10.5 Å². The van der Waals surface area contributed by atoms with Gasteiger partial charge in [-0.2, -0.15) is 11.8 Å². The summed E-state index contributed by atoms with van der Waals surface area (Å²) in [6.45, 7) is 3.49. The van der Waals surface area contributed by atoms with Gasteiger partial charge in [0, 0.05) is 18.9 Å². The molecule has 3 heteroatoms. The Morgan fingerprint density at radius 2 is 2.50 bits per heavy atom. The molecular weight excluding hydrogens is 146 g/mol. The maximum absolute atomic E-state index is 5.62. The third kappa shape index (κ3) is 1.65. The third-order valence-electron chi connectivity index (χ3n) is 1.89. The van der Waals surface area contributed by atoms with Crippen molar-refractivity contribution >= 4 is 11.8 Å². The van der Waals surface area contributed by atoms with Crippen LogP contribution in [0.3, 0.4) is 0 Å². The lowest BCUT2D eigenvalue weighted by atomic mass is 10.0. The molecule has 1 unspecified atom stereocenters. The summed E-state index contributed by atoms with van der Waals surface area (Å²) < 4.78 is 5.59. The fourth-order valence-electron chi connectivity index (χ4n) is 1.23. The molecule has 1 rings (SSSR count). The van der Waals surface area contributed by atoms with Crippen molar-refractivity contribution in [3.8, 4) is 0 Å². The van der Waals surface area contributed by atoms with E-state index in [4.69, 9.17) is 10.5 Å². The molecular formula is C7H15NOS. The molecule has 10 heavy (non-hydrogen) atoms. The fraction of sp³-hybridized carbons (Fsp3) is 1.00. The van der Waals surface area contributed by atoms with Gasteiger partial charge in [0.25, 0.3) is 0 Å². The number of ether oxygens (including phenoxy) is 1. The van der Waals surface area contributed by atoms with Crippen molar-refractivity contribution in [2.75, 3.05) is 24.7 Å². The first-order chi connectivity index (χ1) is 4.83. The first kappa shape index (κ1) is 8.37. The summed E-state index contributed by atoms with van der Waals surface area (Å²) in [7, 11) is 0. The number of rotatable bonds is 3. The molecule has 1 aliphatic rings. The molecule has 0 bridgehead atoms. The monoisotopic (exact) mass is 161 g/mol. The molecule has 2 nitrogen and oxygen atoms in total. The molecule has 1 atom stereocenters. The predicted molar refractivity (Wildman–Crippen MR) is 45.4 cm³/mol. The van der Waals surface area contributed by atoms with E-state index in [-0.39, 0.29) is 5.60 Å². The van der Waals surface area contributed by atoms with Crippen LogP contribution in [0.1, 0.15) is 13.3 Å². The lowest BCUT2D eigenvalue weighted by molar-refractivity contribution is -0.0111. The van der Waals surface area contributed by atoms with Gasteiger partial charge in [-0.3, -0.25) is 0 Å². The maximum atomic E-state index is 5.62. The lowest BCUT2D eigenvalue weighted by Gasteiger charge is -2.25. The van der Waals surface area contributed by atoms with E-state index in [2.05, 4.69) is 0 Å². The zero-order valence-electron chi connectivity index (χ0n) is 6.43. The van der Waals surface area contributed by atoms with Crippen LogP contribution in [0.5, 0.6) is 0 Å². The van der Waals surface area contributed by atoms with Crippen molar-refractivity contribution in [3.05, 3.63) is 0 Å². The minimum atomic E-state index is 0.0272. The largest absolute Gasteiger partial charge is 0.373 e. The van der Waals surface area contributed by atoms with Crippen molar-refractivity contribution < 1.29 is 4.74 Å². The zero-order valence-corrected chi connectivity index (χ0v) is 7.25. The summed E-state index contributed by atoms with van der Waals surface area (Å²) in [5.74, 6) is 2.29. The quantitative estimate of drug-likeness (QED) is 0.666. The first-order valence-corrected chi connectivity index (χ1v) is 4.90. The number of thioether (sulfide) groups is 1. The Kier molecular flexibility index (Phi) is 3.01. The van der Waals surface area contributed by atoms with E-state index in [1.54, 1.807) is 0 Å². The molecule has 0 spiro atoms. The van der Waals surface area contributed by atoms with Gasteiger partial charge in [0.1, 0.15) is 0 Å². The molecule has 1 saturated heterocycles. The van der Waals surface area contributed by atoms with Crippen LogP contribution in [0.4, 0.5) is 0 Å². The Morgan fingerprint density at radius 1 is 1.70 bits per heavy atom. The van der Waals surface area contributed by atoms with E-state index in [1.807, 2.05) is 18.7 Å². The summed E-state index contributed by atoms with van der Waals surface area (Å²) in [4.78, 5) is 0. The molecule has 0 aliphatic carbocycles. The molecule has 1 heterocycles. The molecule has 0 aromatic heterocycles. The van der Waals surface area contributed by atoms with Gasteiger partial charge in [-0.15, -0.1) is 0 Å². The Hall–Kier alpha value is 0.270. The first-order valence-electron chi connectivity index (χ1n) is 3.75. The van der Waals surface area contributed by atoms with Crippen LogP contribution < -0.4 is 5.73 Å². The molecule has 0 radical (unpaired) electrons. The summed E-state index contributed by atoms with van der Waals surface area (Å²) in [5.41, 5.74) is 5.64. The second kappa shape index (κ2) is 3.60. The molecule has 1 fully saturated rings. The van der Waals surface area contributed by atoms with Crippen LogP contribution in [-0.2, 0) is 4.74 Å². The van der Waals surface area contributed by atoms with E-state index in [9.17, 15) is 0 Å². The summed E-state index contributed by atoms with van der Waals surface area (Å²) in [6.07, 6.45) is 1.13. The average Bonchev–Trinajstić information content (AvgIpc) is 2.39. The Morgan fingerprint density at radius 3 is 2.90 bits per heavy atom. The zero-order chi connectivity index (χ0) is 7.45. The van der Waals surface area contributed by atoms with E-state index in [1.165, 1.54) is 5.75 Å². The van der Waals surface area contributed by atoms with Crippen molar-refractivity contribution in [2.24, 2.45) is 5.73 Å².